The van der Waals surface area contributed by atoms with Crippen LogP contribution in [0.25, 0.3) is 0 Å². The zero-order valence-electron chi connectivity index (χ0n) is 7.93. The molecule has 8 heteroatoms. The quantitative estimate of drug-likeness (QED) is 0.235. The summed E-state index contributed by atoms with van der Waals surface area (Å²) in [6.45, 7) is 0. The van der Waals surface area contributed by atoms with E-state index in [-0.39, 0.29) is 11.7 Å². The van der Waals surface area contributed by atoms with E-state index in [4.69, 9.17) is 16.9 Å². The first kappa shape index (κ1) is 11.1. The number of amidine groups is 1. The van der Waals surface area contributed by atoms with E-state index in [2.05, 4.69) is 9.97 Å². The SMILES string of the molecule is N=C(N)CCC(N)c1ncc([N+](=O)[O-])[nH]1. The molecule has 0 aromatic carbocycles. The maximum atomic E-state index is 10.3. The highest BCUT2D eigenvalue weighted by atomic mass is 16.6. The number of nitrogens with two attached hydrogens (primary N) is 2. The van der Waals surface area contributed by atoms with Crippen LogP contribution in [-0.2, 0) is 0 Å². The smallest absolute Gasteiger partial charge is 0.340 e. The zero-order valence-corrected chi connectivity index (χ0v) is 7.93. The van der Waals surface area contributed by atoms with Crippen molar-refractivity contribution in [3.05, 3.63) is 22.1 Å². The number of imidazole rings is 1. The second-order valence-electron chi connectivity index (χ2n) is 3.08. The van der Waals surface area contributed by atoms with Gasteiger partial charge in [0.1, 0.15) is 6.20 Å². The van der Waals surface area contributed by atoms with E-state index in [1.807, 2.05) is 0 Å². The van der Waals surface area contributed by atoms with Crippen LogP contribution in [0, 0.1) is 15.5 Å². The van der Waals surface area contributed by atoms with Gasteiger partial charge in [-0.3, -0.25) is 5.41 Å². The van der Waals surface area contributed by atoms with E-state index in [1.165, 1.54) is 0 Å². The van der Waals surface area contributed by atoms with Crippen LogP contribution >= 0.6 is 0 Å². The van der Waals surface area contributed by atoms with Crippen LogP contribution in [0.2, 0.25) is 0 Å². The molecular weight excluding hydrogens is 200 g/mol. The topological polar surface area (TPSA) is 148 Å². The summed E-state index contributed by atoms with van der Waals surface area (Å²) in [7, 11) is 0. The number of nitrogens with one attached hydrogen (secondary N) is 2. The third-order valence-electron chi connectivity index (χ3n) is 1.85. The molecule has 8 nitrogen and oxygen atoms in total. The van der Waals surface area contributed by atoms with Crippen LogP contribution in [0.1, 0.15) is 24.7 Å². The van der Waals surface area contributed by atoms with Gasteiger partial charge in [-0.1, -0.05) is 0 Å². The summed E-state index contributed by atoms with van der Waals surface area (Å²) >= 11 is 0. The van der Waals surface area contributed by atoms with Crippen molar-refractivity contribution in [1.82, 2.24) is 9.97 Å². The van der Waals surface area contributed by atoms with Gasteiger partial charge in [-0.15, -0.1) is 0 Å². The Morgan fingerprint density at radius 1 is 1.80 bits per heavy atom. The fraction of sp³-hybridized carbons (Fsp3) is 0.429. The second-order valence-corrected chi connectivity index (χ2v) is 3.08. The van der Waals surface area contributed by atoms with E-state index in [1.54, 1.807) is 0 Å². The molecule has 0 aliphatic carbocycles. The summed E-state index contributed by atoms with van der Waals surface area (Å²) < 4.78 is 0. The van der Waals surface area contributed by atoms with Crippen molar-refractivity contribution in [3.63, 3.8) is 0 Å². The van der Waals surface area contributed by atoms with Crippen molar-refractivity contribution in [2.45, 2.75) is 18.9 Å². The number of H-pyrrole nitrogens is 1. The molecule has 0 saturated carbocycles. The zero-order chi connectivity index (χ0) is 11.4. The monoisotopic (exact) mass is 212 g/mol. The number of hydrogen-bond donors (Lipinski definition) is 4. The van der Waals surface area contributed by atoms with Gasteiger partial charge in [-0.05, 0) is 11.3 Å². The molecule has 1 unspecified atom stereocenters. The molecule has 0 fully saturated rings. The lowest BCUT2D eigenvalue weighted by molar-refractivity contribution is -0.389. The average molecular weight is 212 g/mol. The molecule has 1 aromatic rings. The second kappa shape index (κ2) is 4.51. The number of nitrogens with zero attached hydrogens (tertiary/aromatic N) is 2. The molecular formula is C7H12N6O2. The lowest BCUT2D eigenvalue weighted by atomic mass is 10.1. The highest BCUT2D eigenvalue weighted by Gasteiger charge is 2.16. The van der Waals surface area contributed by atoms with E-state index in [9.17, 15) is 10.1 Å². The number of hydrogen-bond acceptors (Lipinski definition) is 5. The van der Waals surface area contributed by atoms with Crippen molar-refractivity contribution >= 4 is 11.7 Å². The van der Waals surface area contributed by atoms with Gasteiger partial charge in [0.05, 0.1) is 11.9 Å². The molecule has 82 valence electrons. The van der Waals surface area contributed by atoms with Gasteiger partial charge in [0.2, 0.25) is 5.82 Å². The van der Waals surface area contributed by atoms with Crippen molar-refractivity contribution in [3.8, 4) is 0 Å². The minimum absolute atomic E-state index is 0.0338. The maximum Gasteiger partial charge on any atom is 0.340 e. The first-order valence-electron chi connectivity index (χ1n) is 4.28. The van der Waals surface area contributed by atoms with Crippen LogP contribution in [0.4, 0.5) is 5.82 Å². The third-order valence-corrected chi connectivity index (χ3v) is 1.85. The maximum absolute atomic E-state index is 10.3. The minimum Gasteiger partial charge on any atom is -0.388 e. The highest BCUT2D eigenvalue weighted by molar-refractivity contribution is 5.76. The van der Waals surface area contributed by atoms with Gasteiger partial charge in [0.15, 0.2) is 0 Å². The summed E-state index contributed by atoms with van der Waals surface area (Å²) in [6.07, 6.45) is 1.89. The average Bonchev–Trinajstić information content (AvgIpc) is 2.62. The standard InChI is InChI=1S/C7H12N6O2/c8-4(1-2-5(9)10)7-11-3-6(12-7)13(14)15/h3-4H,1-2,8H2,(H3,9,10)(H,11,12). The fourth-order valence-corrected chi connectivity index (χ4v) is 1.06. The molecule has 1 heterocycles. The molecule has 1 atom stereocenters. The van der Waals surface area contributed by atoms with Crippen LogP contribution in [0.15, 0.2) is 6.20 Å². The van der Waals surface area contributed by atoms with Gasteiger partial charge in [-0.25, -0.2) is 9.97 Å². The van der Waals surface area contributed by atoms with Crippen LogP contribution in [0.5, 0.6) is 0 Å². The van der Waals surface area contributed by atoms with Gasteiger partial charge in [0, 0.05) is 6.42 Å². The van der Waals surface area contributed by atoms with Gasteiger partial charge < -0.3 is 21.6 Å². The Balaban J connectivity index is 2.61. The van der Waals surface area contributed by atoms with Crippen LogP contribution in [-0.4, -0.2) is 20.7 Å². The summed E-state index contributed by atoms with van der Waals surface area (Å²) in [5, 5.41) is 17.3. The molecule has 15 heavy (non-hydrogen) atoms. The molecule has 0 aliphatic rings. The summed E-state index contributed by atoms with van der Waals surface area (Å²) in [4.78, 5) is 16.0. The first-order chi connectivity index (χ1) is 7.00. The van der Waals surface area contributed by atoms with Crippen molar-refractivity contribution in [1.29, 1.82) is 5.41 Å². The van der Waals surface area contributed by atoms with E-state index in [0.29, 0.717) is 18.7 Å². The number of nitro groups is 1. The highest BCUT2D eigenvalue weighted by Crippen LogP contribution is 2.15. The third kappa shape index (κ3) is 3.02. The molecule has 6 N–H and O–H groups in total. The Bertz CT molecular complexity index is 373. The molecule has 1 aromatic heterocycles. The molecule has 1 rings (SSSR count). The molecule has 0 amide bonds. The van der Waals surface area contributed by atoms with Gasteiger partial charge >= 0.3 is 5.82 Å². The Morgan fingerprint density at radius 2 is 2.47 bits per heavy atom. The largest absolute Gasteiger partial charge is 0.388 e. The predicted molar refractivity (Wildman–Crippen MR) is 53.3 cm³/mol. The lowest BCUT2D eigenvalue weighted by Gasteiger charge is -2.04. The minimum atomic E-state index is -0.575. The summed E-state index contributed by atoms with van der Waals surface area (Å²) in [6, 6.07) is -0.470. The molecule has 0 aliphatic heterocycles. The van der Waals surface area contributed by atoms with Crippen molar-refractivity contribution in [2.75, 3.05) is 0 Å². The van der Waals surface area contributed by atoms with E-state index in [0.717, 1.165) is 6.20 Å². The lowest BCUT2D eigenvalue weighted by Crippen LogP contribution is -2.17. The van der Waals surface area contributed by atoms with Crippen LogP contribution < -0.4 is 11.5 Å². The fourth-order valence-electron chi connectivity index (χ4n) is 1.06. The molecule has 0 spiro atoms. The van der Waals surface area contributed by atoms with Gasteiger partial charge in [0.25, 0.3) is 0 Å². The normalized spacial score (nSPS) is 12.3. The van der Waals surface area contributed by atoms with E-state index >= 15 is 0 Å². The van der Waals surface area contributed by atoms with Gasteiger partial charge in [-0.2, -0.15) is 0 Å². The van der Waals surface area contributed by atoms with Crippen molar-refractivity contribution < 1.29 is 4.92 Å². The Kier molecular flexibility index (Phi) is 3.34. The first-order valence-corrected chi connectivity index (χ1v) is 4.28. The number of aromatic nitrogens is 2. The summed E-state index contributed by atoms with van der Waals surface area (Å²) in [5.74, 6) is 0.178. The predicted octanol–water partition coefficient (Wildman–Crippen LogP) is 0.0339. The molecule has 0 radical (unpaired) electrons. The van der Waals surface area contributed by atoms with Crippen molar-refractivity contribution in [2.24, 2.45) is 11.5 Å². The Morgan fingerprint density at radius 3 is 2.93 bits per heavy atom. The van der Waals surface area contributed by atoms with E-state index < -0.39 is 11.0 Å². The summed E-state index contributed by atoms with van der Waals surface area (Å²) in [5.41, 5.74) is 10.8. The Hall–Kier alpha value is -1.96. The number of aromatic amines is 1. The molecule has 0 saturated heterocycles. The number of rotatable bonds is 5. The molecule has 0 bridgehead atoms. The van der Waals surface area contributed by atoms with Crippen LogP contribution in [0.3, 0.4) is 0 Å². The Labute approximate surface area is 85.3 Å².